The van der Waals surface area contributed by atoms with Crippen LogP contribution in [0.2, 0.25) is 0 Å². The summed E-state index contributed by atoms with van der Waals surface area (Å²) in [6, 6.07) is 0. The van der Waals surface area contributed by atoms with Gasteiger partial charge < -0.3 is 4.74 Å². The van der Waals surface area contributed by atoms with Crippen LogP contribution in [0.5, 0.6) is 0 Å². The Balaban J connectivity index is 2.48. The third kappa shape index (κ3) is 1.59. The molecule has 0 bridgehead atoms. The van der Waals surface area contributed by atoms with E-state index in [4.69, 9.17) is 4.74 Å². The first kappa shape index (κ1) is 8.24. The van der Waals surface area contributed by atoms with Crippen LogP contribution >= 0.6 is 0 Å². The minimum atomic E-state index is 0.151. The topological polar surface area (TPSA) is 12.5 Å². The maximum atomic E-state index is 5.71. The van der Waals surface area contributed by atoms with Gasteiger partial charge in [0.1, 0.15) is 0 Å². The molecule has 0 N–H and O–H groups in total. The fourth-order valence-electron chi connectivity index (χ4n) is 1.27. The highest BCUT2D eigenvalue weighted by atomic mass is 28.1. The third-order valence-electron chi connectivity index (χ3n) is 2.39. The standard InChI is InChI=1S/C7H17NOSi/c1-8(2)7(10)5-3-4-6-9-7/h3-6H2,1-2,10H3. The lowest BCUT2D eigenvalue weighted by Gasteiger charge is -2.39. The molecule has 0 spiro atoms. The van der Waals surface area contributed by atoms with Crippen molar-refractivity contribution >= 4 is 10.2 Å². The lowest BCUT2D eigenvalue weighted by molar-refractivity contribution is -0.101. The molecule has 1 atom stereocenters. The van der Waals surface area contributed by atoms with Crippen LogP contribution in [-0.2, 0) is 4.74 Å². The van der Waals surface area contributed by atoms with Gasteiger partial charge in [0.25, 0.3) is 0 Å². The van der Waals surface area contributed by atoms with E-state index in [0.29, 0.717) is 0 Å². The van der Waals surface area contributed by atoms with Crippen molar-refractivity contribution in [3.63, 3.8) is 0 Å². The smallest absolute Gasteiger partial charge is 0.0965 e. The molecule has 0 saturated carbocycles. The molecule has 1 unspecified atom stereocenters. The largest absolute Gasteiger partial charge is 0.365 e. The zero-order valence-corrected chi connectivity index (χ0v) is 9.18. The first-order valence-corrected chi connectivity index (χ1v) is 4.96. The van der Waals surface area contributed by atoms with Gasteiger partial charge in [0.2, 0.25) is 0 Å². The summed E-state index contributed by atoms with van der Waals surface area (Å²) in [4.78, 5) is 2.22. The molecule has 60 valence electrons. The highest BCUT2D eigenvalue weighted by Crippen LogP contribution is 2.22. The third-order valence-corrected chi connectivity index (χ3v) is 4.08. The van der Waals surface area contributed by atoms with Crippen molar-refractivity contribution in [2.24, 2.45) is 0 Å². The summed E-state index contributed by atoms with van der Waals surface area (Å²) >= 11 is 0. The van der Waals surface area contributed by atoms with Gasteiger partial charge in [0.15, 0.2) is 0 Å². The zero-order valence-electron chi connectivity index (χ0n) is 7.18. The first-order chi connectivity index (χ1) is 4.65. The van der Waals surface area contributed by atoms with E-state index in [2.05, 4.69) is 19.0 Å². The second-order valence-corrected chi connectivity index (χ2v) is 4.94. The Kier molecular flexibility index (Phi) is 2.49. The number of hydrogen-bond donors (Lipinski definition) is 0. The second kappa shape index (κ2) is 3.03. The molecule has 1 fully saturated rings. The van der Waals surface area contributed by atoms with Gasteiger partial charge in [-0.15, -0.1) is 0 Å². The minimum Gasteiger partial charge on any atom is -0.365 e. The number of hydrogen-bond acceptors (Lipinski definition) is 2. The van der Waals surface area contributed by atoms with E-state index in [1.165, 1.54) is 19.3 Å². The van der Waals surface area contributed by atoms with Crippen molar-refractivity contribution in [1.82, 2.24) is 4.90 Å². The van der Waals surface area contributed by atoms with Crippen LogP contribution < -0.4 is 0 Å². The maximum Gasteiger partial charge on any atom is 0.0965 e. The summed E-state index contributed by atoms with van der Waals surface area (Å²) in [5, 5.41) is 0.151. The van der Waals surface area contributed by atoms with Gasteiger partial charge in [-0.3, -0.25) is 4.90 Å². The highest BCUT2D eigenvalue weighted by Gasteiger charge is 2.29. The summed E-state index contributed by atoms with van der Waals surface area (Å²) in [5.74, 6) is 0. The minimum absolute atomic E-state index is 0.151. The molecule has 0 aromatic heterocycles. The van der Waals surface area contributed by atoms with Crippen molar-refractivity contribution in [2.45, 2.75) is 24.6 Å². The molecule has 0 aliphatic carbocycles. The fourth-order valence-corrected chi connectivity index (χ4v) is 1.83. The van der Waals surface area contributed by atoms with E-state index in [0.717, 1.165) is 16.8 Å². The van der Waals surface area contributed by atoms with Crippen LogP contribution in [0.25, 0.3) is 0 Å². The quantitative estimate of drug-likeness (QED) is 0.490. The molecule has 0 amide bonds. The summed E-state index contributed by atoms with van der Waals surface area (Å²) in [6.45, 7) is 0.960. The lowest BCUT2D eigenvalue weighted by Crippen LogP contribution is -2.49. The van der Waals surface area contributed by atoms with E-state index in [9.17, 15) is 0 Å². The molecule has 3 heteroatoms. The van der Waals surface area contributed by atoms with Crippen molar-refractivity contribution in [2.75, 3.05) is 20.7 Å². The fraction of sp³-hybridized carbons (Fsp3) is 1.00. The molecule has 0 radical (unpaired) electrons. The van der Waals surface area contributed by atoms with Crippen molar-refractivity contribution in [3.8, 4) is 0 Å². The maximum absolute atomic E-state index is 5.71. The molecule has 1 saturated heterocycles. The Bertz CT molecular complexity index is 110. The molecule has 1 aliphatic rings. The Hall–Kier alpha value is 0.137. The van der Waals surface area contributed by atoms with E-state index in [1.807, 2.05) is 0 Å². The van der Waals surface area contributed by atoms with Crippen LogP contribution in [0.15, 0.2) is 0 Å². The first-order valence-electron chi connectivity index (χ1n) is 3.96. The summed E-state index contributed by atoms with van der Waals surface area (Å²) in [5.41, 5.74) is 0. The molecular formula is C7H17NOSi. The normalized spacial score (nSPS) is 35.1. The summed E-state index contributed by atoms with van der Waals surface area (Å²) in [6.07, 6.45) is 3.81. The van der Waals surface area contributed by atoms with Gasteiger partial charge in [-0.25, -0.2) is 0 Å². The Labute approximate surface area is 66.0 Å². The van der Waals surface area contributed by atoms with E-state index in [-0.39, 0.29) is 5.35 Å². The Morgan fingerprint density at radius 3 is 2.40 bits per heavy atom. The monoisotopic (exact) mass is 159 g/mol. The van der Waals surface area contributed by atoms with Crippen molar-refractivity contribution in [3.05, 3.63) is 0 Å². The molecule has 1 aliphatic heterocycles. The van der Waals surface area contributed by atoms with Crippen molar-refractivity contribution in [1.29, 1.82) is 0 Å². The molecule has 1 rings (SSSR count). The van der Waals surface area contributed by atoms with Gasteiger partial charge in [-0.05, 0) is 33.4 Å². The van der Waals surface area contributed by atoms with Gasteiger partial charge in [0.05, 0.1) is 15.6 Å². The predicted octanol–water partition coefficient (Wildman–Crippen LogP) is -0.232. The average Bonchev–Trinajstić information content (AvgIpc) is 1.89. The highest BCUT2D eigenvalue weighted by molar-refractivity contribution is 6.14. The predicted molar refractivity (Wildman–Crippen MR) is 46.2 cm³/mol. The van der Waals surface area contributed by atoms with Gasteiger partial charge in [0, 0.05) is 6.61 Å². The van der Waals surface area contributed by atoms with Crippen LogP contribution in [0.3, 0.4) is 0 Å². The molecule has 2 nitrogen and oxygen atoms in total. The van der Waals surface area contributed by atoms with E-state index >= 15 is 0 Å². The Morgan fingerprint density at radius 1 is 1.40 bits per heavy atom. The van der Waals surface area contributed by atoms with E-state index < -0.39 is 0 Å². The number of rotatable bonds is 1. The molecule has 0 aromatic rings. The van der Waals surface area contributed by atoms with Gasteiger partial charge in [-0.2, -0.15) is 0 Å². The summed E-state index contributed by atoms with van der Waals surface area (Å²) < 4.78 is 5.71. The molecule has 10 heavy (non-hydrogen) atoms. The average molecular weight is 159 g/mol. The van der Waals surface area contributed by atoms with Crippen LogP contribution in [0, 0.1) is 0 Å². The Morgan fingerprint density at radius 2 is 2.10 bits per heavy atom. The second-order valence-electron chi connectivity index (χ2n) is 3.38. The van der Waals surface area contributed by atoms with Gasteiger partial charge >= 0.3 is 0 Å². The molecule has 1 heterocycles. The number of ether oxygens (including phenoxy) is 1. The van der Waals surface area contributed by atoms with E-state index in [1.54, 1.807) is 0 Å². The van der Waals surface area contributed by atoms with Crippen LogP contribution in [-0.4, -0.2) is 41.2 Å². The summed E-state index contributed by atoms with van der Waals surface area (Å²) in [7, 11) is 5.34. The van der Waals surface area contributed by atoms with Crippen LogP contribution in [0.1, 0.15) is 19.3 Å². The van der Waals surface area contributed by atoms with Gasteiger partial charge in [-0.1, -0.05) is 0 Å². The van der Waals surface area contributed by atoms with Crippen molar-refractivity contribution < 1.29 is 4.74 Å². The SMILES string of the molecule is CN(C)C1([SiH3])CCCCO1. The molecular weight excluding hydrogens is 142 g/mol. The lowest BCUT2D eigenvalue weighted by atomic mass is 10.2. The van der Waals surface area contributed by atoms with Crippen LogP contribution in [0.4, 0.5) is 0 Å². The number of nitrogens with zero attached hydrogens (tertiary/aromatic N) is 1. The zero-order chi connectivity index (χ0) is 7.61. The molecule has 0 aromatic carbocycles.